The number of rotatable bonds is 5. The molecule has 1 aliphatic heterocycles. The van der Waals surface area contributed by atoms with Crippen molar-refractivity contribution < 1.29 is 9.59 Å². The van der Waals surface area contributed by atoms with Gasteiger partial charge in [-0.15, -0.1) is 11.3 Å². The Morgan fingerprint density at radius 1 is 1.29 bits per heavy atom. The molecule has 2 rings (SSSR count). The molecular formula is C18H29N3O2S. The number of nitrogens with one attached hydrogen (secondary N) is 3. The Morgan fingerprint density at radius 2 is 1.92 bits per heavy atom. The fraction of sp³-hybridized carbons (Fsp3) is 0.667. The summed E-state index contributed by atoms with van der Waals surface area (Å²) in [5.74, 6) is -0.133. The quantitative estimate of drug-likeness (QED) is 0.764. The van der Waals surface area contributed by atoms with Gasteiger partial charge in [0.05, 0.1) is 12.5 Å². The van der Waals surface area contributed by atoms with Crippen molar-refractivity contribution in [2.75, 3.05) is 0 Å². The molecule has 1 aromatic heterocycles. The molecular weight excluding hydrogens is 322 g/mol. The number of carbonyl (C=O) groups is 2. The van der Waals surface area contributed by atoms with Gasteiger partial charge < -0.3 is 16.0 Å². The Balaban J connectivity index is 1.99. The van der Waals surface area contributed by atoms with Crippen LogP contribution < -0.4 is 16.0 Å². The molecule has 24 heavy (non-hydrogen) atoms. The van der Waals surface area contributed by atoms with Crippen LogP contribution in [0, 0.1) is 0 Å². The lowest BCUT2D eigenvalue weighted by atomic mass is 9.79. The smallest absolute Gasteiger partial charge is 0.222 e. The van der Waals surface area contributed by atoms with Crippen molar-refractivity contribution in [3.05, 3.63) is 22.4 Å². The summed E-state index contributed by atoms with van der Waals surface area (Å²) >= 11 is 1.56. The molecule has 1 saturated heterocycles. The number of carbonyl (C=O) groups excluding carboxylic acids is 2. The molecule has 134 valence electrons. The maximum atomic E-state index is 12.5. The summed E-state index contributed by atoms with van der Waals surface area (Å²) in [5.41, 5.74) is -0.0189. The van der Waals surface area contributed by atoms with Crippen LogP contribution in [0.15, 0.2) is 17.5 Å². The Morgan fingerprint density at radius 3 is 2.42 bits per heavy atom. The van der Waals surface area contributed by atoms with Crippen LogP contribution in [-0.4, -0.2) is 28.9 Å². The number of hydrogen-bond donors (Lipinski definition) is 3. The number of hydrogen-bond acceptors (Lipinski definition) is 4. The number of piperidine rings is 1. The normalized spacial score (nSPS) is 21.0. The Kier molecular flexibility index (Phi) is 5.71. The van der Waals surface area contributed by atoms with Gasteiger partial charge in [-0.05, 0) is 52.0 Å². The molecule has 1 aromatic rings. The summed E-state index contributed by atoms with van der Waals surface area (Å²) in [6.07, 6.45) is 2.06. The van der Waals surface area contributed by atoms with Crippen molar-refractivity contribution in [2.24, 2.45) is 0 Å². The third-order valence-electron chi connectivity index (χ3n) is 4.21. The SMILES string of the molecule is CC(=O)NC(CC(=O)NC1CC(C)(C)NC(C)(C)C1)c1cccs1. The minimum Gasteiger partial charge on any atom is -0.353 e. The first-order valence-corrected chi connectivity index (χ1v) is 9.33. The average molecular weight is 352 g/mol. The minimum atomic E-state index is -0.259. The average Bonchev–Trinajstić information content (AvgIpc) is 2.86. The van der Waals surface area contributed by atoms with Crippen LogP contribution in [0.3, 0.4) is 0 Å². The van der Waals surface area contributed by atoms with Crippen LogP contribution in [0.5, 0.6) is 0 Å². The van der Waals surface area contributed by atoms with Crippen LogP contribution in [0.2, 0.25) is 0 Å². The van der Waals surface area contributed by atoms with Gasteiger partial charge in [0, 0.05) is 28.9 Å². The predicted octanol–water partition coefficient (Wildman–Crippen LogP) is 2.74. The molecule has 0 saturated carbocycles. The van der Waals surface area contributed by atoms with Gasteiger partial charge in [-0.25, -0.2) is 0 Å². The van der Waals surface area contributed by atoms with E-state index >= 15 is 0 Å². The second-order valence-electron chi connectivity index (χ2n) is 8.04. The van der Waals surface area contributed by atoms with Gasteiger partial charge in [0.1, 0.15) is 0 Å². The first-order chi connectivity index (χ1) is 11.1. The van der Waals surface area contributed by atoms with Crippen LogP contribution in [0.25, 0.3) is 0 Å². The lowest BCUT2D eigenvalue weighted by Gasteiger charge is -2.46. The minimum absolute atomic E-state index is 0.00944. The molecule has 0 radical (unpaired) electrons. The van der Waals surface area contributed by atoms with E-state index in [9.17, 15) is 9.59 Å². The van der Waals surface area contributed by atoms with Crippen molar-refractivity contribution in [3.63, 3.8) is 0 Å². The third kappa shape index (κ3) is 5.60. The van der Waals surface area contributed by atoms with Gasteiger partial charge in [0.25, 0.3) is 0 Å². The summed E-state index contributed by atoms with van der Waals surface area (Å²) in [4.78, 5) is 25.0. The highest BCUT2D eigenvalue weighted by Gasteiger charge is 2.38. The van der Waals surface area contributed by atoms with E-state index in [2.05, 4.69) is 43.6 Å². The summed E-state index contributed by atoms with van der Waals surface area (Å²) < 4.78 is 0. The van der Waals surface area contributed by atoms with E-state index in [0.717, 1.165) is 17.7 Å². The Labute approximate surface area is 148 Å². The fourth-order valence-corrected chi connectivity index (χ4v) is 4.63. The highest BCUT2D eigenvalue weighted by Crippen LogP contribution is 2.29. The van der Waals surface area contributed by atoms with Crippen LogP contribution in [0.1, 0.15) is 64.8 Å². The summed E-state index contributed by atoms with van der Waals surface area (Å²) in [5, 5.41) is 11.6. The lowest BCUT2D eigenvalue weighted by molar-refractivity contribution is -0.123. The summed E-state index contributed by atoms with van der Waals surface area (Å²) in [6, 6.07) is 3.77. The topological polar surface area (TPSA) is 70.2 Å². The largest absolute Gasteiger partial charge is 0.353 e. The maximum Gasteiger partial charge on any atom is 0.222 e. The molecule has 1 aliphatic rings. The molecule has 0 aliphatic carbocycles. The van der Waals surface area contributed by atoms with Crippen molar-refractivity contribution in [1.82, 2.24) is 16.0 Å². The van der Waals surface area contributed by atoms with Crippen LogP contribution in [0.4, 0.5) is 0 Å². The summed E-state index contributed by atoms with van der Waals surface area (Å²) in [6.45, 7) is 10.1. The number of thiophene rings is 1. The predicted molar refractivity (Wildman–Crippen MR) is 98.0 cm³/mol. The van der Waals surface area contributed by atoms with E-state index in [4.69, 9.17) is 0 Å². The zero-order valence-electron chi connectivity index (χ0n) is 15.2. The molecule has 2 amide bonds. The highest BCUT2D eigenvalue weighted by atomic mass is 32.1. The zero-order valence-corrected chi connectivity index (χ0v) is 16.0. The zero-order chi connectivity index (χ0) is 18.0. The van der Waals surface area contributed by atoms with E-state index < -0.39 is 0 Å². The van der Waals surface area contributed by atoms with Crippen molar-refractivity contribution in [3.8, 4) is 0 Å². The Bertz CT molecular complexity index is 565. The van der Waals surface area contributed by atoms with Gasteiger partial charge in [-0.2, -0.15) is 0 Å². The fourth-order valence-electron chi connectivity index (χ4n) is 3.85. The first kappa shape index (κ1) is 18.9. The van der Waals surface area contributed by atoms with E-state index in [-0.39, 0.29) is 41.4 Å². The molecule has 2 heterocycles. The molecule has 1 unspecified atom stereocenters. The van der Waals surface area contributed by atoms with Gasteiger partial charge in [0.2, 0.25) is 11.8 Å². The van der Waals surface area contributed by atoms with Gasteiger partial charge in [-0.1, -0.05) is 6.07 Å². The third-order valence-corrected chi connectivity index (χ3v) is 5.19. The Hall–Kier alpha value is -1.40. The van der Waals surface area contributed by atoms with E-state index in [0.29, 0.717) is 0 Å². The second-order valence-corrected chi connectivity index (χ2v) is 9.02. The molecule has 0 spiro atoms. The molecule has 5 nitrogen and oxygen atoms in total. The van der Waals surface area contributed by atoms with E-state index in [1.807, 2.05) is 17.5 Å². The monoisotopic (exact) mass is 351 g/mol. The first-order valence-electron chi connectivity index (χ1n) is 8.45. The van der Waals surface area contributed by atoms with Gasteiger partial charge in [-0.3, -0.25) is 9.59 Å². The van der Waals surface area contributed by atoms with Crippen molar-refractivity contribution in [2.45, 2.75) is 77.0 Å². The highest BCUT2D eigenvalue weighted by molar-refractivity contribution is 7.10. The van der Waals surface area contributed by atoms with E-state index in [1.54, 1.807) is 11.3 Å². The molecule has 0 bridgehead atoms. The molecule has 1 atom stereocenters. The molecule has 6 heteroatoms. The number of amides is 2. The summed E-state index contributed by atoms with van der Waals surface area (Å²) in [7, 11) is 0. The van der Waals surface area contributed by atoms with Crippen LogP contribution in [-0.2, 0) is 9.59 Å². The lowest BCUT2D eigenvalue weighted by Crippen LogP contribution is -2.62. The molecule has 1 fully saturated rings. The van der Waals surface area contributed by atoms with E-state index in [1.165, 1.54) is 6.92 Å². The molecule has 0 aromatic carbocycles. The van der Waals surface area contributed by atoms with Crippen molar-refractivity contribution >= 4 is 23.2 Å². The second kappa shape index (κ2) is 7.23. The van der Waals surface area contributed by atoms with Gasteiger partial charge in [0.15, 0.2) is 0 Å². The standard InChI is InChI=1S/C18H29N3O2S/c1-12(22)19-14(15-7-6-8-24-15)9-16(23)20-13-10-17(2,3)21-18(4,5)11-13/h6-8,13-14,21H,9-11H2,1-5H3,(H,19,22)(H,20,23). The van der Waals surface area contributed by atoms with Gasteiger partial charge >= 0.3 is 0 Å². The molecule has 3 N–H and O–H groups in total. The van der Waals surface area contributed by atoms with Crippen LogP contribution >= 0.6 is 11.3 Å². The van der Waals surface area contributed by atoms with Crippen molar-refractivity contribution in [1.29, 1.82) is 0 Å². The maximum absolute atomic E-state index is 12.5.